The van der Waals surface area contributed by atoms with Crippen molar-refractivity contribution < 1.29 is 13.2 Å². The number of rotatable bonds is 4. The van der Waals surface area contributed by atoms with Gasteiger partial charge in [0.15, 0.2) is 0 Å². The van der Waals surface area contributed by atoms with Crippen LogP contribution in [0, 0.1) is 5.41 Å². The molecule has 0 saturated heterocycles. The molecule has 0 atom stereocenters. The third kappa shape index (κ3) is 4.20. The number of carbonyl (C=O) groups is 1. The topological polar surface area (TPSA) is 63.2 Å². The van der Waals surface area contributed by atoms with Crippen LogP contribution in [0.25, 0.3) is 0 Å². The molecule has 0 spiro atoms. The van der Waals surface area contributed by atoms with E-state index in [-0.39, 0.29) is 16.2 Å². The first-order chi connectivity index (χ1) is 9.71. The summed E-state index contributed by atoms with van der Waals surface area (Å²) in [6.45, 7) is 2.77. The van der Waals surface area contributed by atoms with Crippen LogP contribution in [0.15, 0.2) is 27.6 Å². The summed E-state index contributed by atoms with van der Waals surface area (Å²) < 4.78 is 23.2. The number of hydrogen-bond donors (Lipinski definition) is 1. The first-order valence-corrected chi connectivity index (χ1v) is 9.84. The maximum absolute atomic E-state index is 12.2. The van der Waals surface area contributed by atoms with Crippen LogP contribution < -0.4 is 5.32 Å². The van der Waals surface area contributed by atoms with Crippen LogP contribution in [0.2, 0.25) is 0 Å². The second-order valence-corrected chi connectivity index (χ2v) is 9.17. The second kappa shape index (κ2) is 6.26. The van der Waals surface area contributed by atoms with E-state index in [0.29, 0.717) is 16.6 Å². The van der Waals surface area contributed by atoms with Gasteiger partial charge in [-0.3, -0.25) is 4.79 Å². The standard InChI is InChI=1S/C14H17BrClNO3S/c1-14(6-2-3-7-14)9-17-13(18)10-4-5-11(15)12(8-10)21(16,19)20/h4-5,8H,2-3,6-7,9H2,1H3,(H,17,18). The van der Waals surface area contributed by atoms with Crippen molar-refractivity contribution in [1.29, 1.82) is 0 Å². The van der Waals surface area contributed by atoms with Gasteiger partial charge >= 0.3 is 0 Å². The molecular formula is C14H17BrClNO3S. The molecular weight excluding hydrogens is 378 g/mol. The first-order valence-electron chi connectivity index (χ1n) is 6.74. The molecule has 0 unspecified atom stereocenters. The molecule has 0 aliphatic heterocycles. The van der Waals surface area contributed by atoms with Gasteiger partial charge in [0.25, 0.3) is 15.0 Å². The van der Waals surface area contributed by atoms with Gasteiger partial charge in [0.05, 0.1) is 4.90 Å². The predicted octanol–water partition coefficient (Wildman–Crippen LogP) is 3.69. The molecule has 1 aliphatic carbocycles. The van der Waals surface area contributed by atoms with E-state index >= 15 is 0 Å². The van der Waals surface area contributed by atoms with Crippen molar-refractivity contribution in [3.05, 3.63) is 28.2 Å². The van der Waals surface area contributed by atoms with Crippen molar-refractivity contribution in [2.45, 2.75) is 37.5 Å². The minimum atomic E-state index is -3.89. The van der Waals surface area contributed by atoms with Gasteiger partial charge in [-0.2, -0.15) is 0 Å². The van der Waals surface area contributed by atoms with Gasteiger partial charge in [0, 0.05) is 27.3 Å². The fourth-order valence-electron chi connectivity index (χ4n) is 2.63. The maximum Gasteiger partial charge on any atom is 0.262 e. The Labute approximate surface area is 137 Å². The lowest BCUT2D eigenvalue weighted by Crippen LogP contribution is -2.34. The third-order valence-electron chi connectivity index (χ3n) is 3.94. The van der Waals surface area contributed by atoms with Crippen molar-refractivity contribution in [2.24, 2.45) is 5.41 Å². The molecule has 116 valence electrons. The molecule has 1 N–H and O–H groups in total. The zero-order valence-electron chi connectivity index (χ0n) is 11.7. The molecule has 1 fully saturated rings. The Morgan fingerprint density at radius 3 is 2.57 bits per heavy atom. The Hall–Kier alpha value is -0.590. The van der Waals surface area contributed by atoms with Gasteiger partial charge in [0.2, 0.25) is 0 Å². The summed E-state index contributed by atoms with van der Waals surface area (Å²) in [5.74, 6) is -0.280. The lowest BCUT2D eigenvalue weighted by molar-refractivity contribution is 0.0934. The first kappa shape index (κ1) is 16.8. The zero-order valence-corrected chi connectivity index (χ0v) is 14.8. The molecule has 1 amide bonds. The molecule has 2 rings (SSSR count). The molecule has 0 heterocycles. The van der Waals surface area contributed by atoms with Crippen LogP contribution in [0.5, 0.6) is 0 Å². The van der Waals surface area contributed by atoms with E-state index in [1.54, 1.807) is 6.07 Å². The highest BCUT2D eigenvalue weighted by molar-refractivity contribution is 9.10. The molecule has 7 heteroatoms. The van der Waals surface area contributed by atoms with Gasteiger partial charge in [-0.25, -0.2) is 8.42 Å². The molecule has 1 aliphatic rings. The summed E-state index contributed by atoms with van der Waals surface area (Å²) in [4.78, 5) is 12.1. The summed E-state index contributed by atoms with van der Waals surface area (Å²) in [5, 5.41) is 2.89. The Kier molecular flexibility index (Phi) is 5.00. The van der Waals surface area contributed by atoms with E-state index in [0.717, 1.165) is 12.8 Å². The maximum atomic E-state index is 12.2. The molecule has 1 aromatic rings. The summed E-state index contributed by atoms with van der Waals surface area (Å²) in [7, 11) is 1.47. The van der Waals surface area contributed by atoms with Gasteiger partial charge in [0.1, 0.15) is 0 Å². The zero-order chi connectivity index (χ0) is 15.7. The number of nitrogens with one attached hydrogen (secondary N) is 1. The average Bonchev–Trinajstić information content (AvgIpc) is 2.83. The van der Waals surface area contributed by atoms with Gasteiger partial charge in [-0.1, -0.05) is 19.8 Å². The quantitative estimate of drug-likeness (QED) is 0.792. The minimum absolute atomic E-state index is 0.0936. The molecule has 0 radical (unpaired) electrons. The molecule has 4 nitrogen and oxygen atoms in total. The Bertz CT molecular complexity index is 654. The van der Waals surface area contributed by atoms with Crippen LogP contribution in [-0.4, -0.2) is 20.9 Å². The smallest absolute Gasteiger partial charge is 0.262 e. The van der Waals surface area contributed by atoms with Crippen LogP contribution >= 0.6 is 26.6 Å². The Balaban J connectivity index is 2.13. The normalized spacial score (nSPS) is 17.7. The van der Waals surface area contributed by atoms with E-state index in [4.69, 9.17) is 10.7 Å². The van der Waals surface area contributed by atoms with Crippen molar-refractivity contribution in [2.75, 3.05) is 6.54 Å². The van der Waals surface area contributed by atoms with E-state index in [9.17, 15) is 13.2 Å². The number of halogens is 2. The molecule has 1 aromatic carbocycles. The number of amides is 1. The van der Waals surface area contributed by atoms with E-state index in [2.05, 4.69) is 28.2 Å². The van der Waals surface area contributed by atoms with Crippen molar-refractivity contribution in [1.82, 2.24) is 5.32 Å². The molecule has 0 aromatic heterocycles. The second-order valence-electron chi connectivity index (χ2n) is 5.78. The largest absolute Gasteiger partial charge is 0.351 e. The van der Waals surface area contributed by atoms with E-state index < -0.39 is 9.05 Å². The highest BCUT2D eigenvalue weighted by Gasteiger charge is 2.29. The lowest BCUT2D eigenvalue weighted by Gasteiger charge is -2.23. The van der Waals surface area contributed by atoms with Crippen LogP contribution in [-0.2, 0) is 9.05 Å². The summed E-state index contributed by atoms with van der Waals surface area (Å²) in [6.07, 6.45) is 4.60. The Morgan fingerprint density at radius 2 is 2.00 bits per heavy atom. The SMILES string of the molecule is CC1(CNC(=O)c2ccc(Br)c(S(=O)(=O)Cl)c2)CCCC1. The van der Waals surface area contributed by atoms with Crippen LogP contribution in [0.4, 0.5) is 0 Å². The number of carbonyl (C=O) groups excluding carboxylic acids is 1. The monoisotopic (exact) mass is 393 g/mol. The third-order valence-corrected chi connectivity index (χ3v) is 6.26. The van der Waals surface area contributed by atoms with Gasteiger partial charge < -0.3 is 5.32 Å². The van der Waals surface area contributed by atoms with E-state index in [1.807, 2.05) is 0 Å². The highest BCUT2D eigenvalue weighted by atomic mass is 79.9. The van der Waals surface area contributed by atoms with Crippen molar-refractivity contribution in [3.8, 4) is 0 Å². The highest BCUT2D eigenvalue weighted by Crippen LogP contribution is 2.36. The predicted molar refractivity (Wildman–Crippen MR) is 86.1 cm³/mol. The van der Waals surface area contributed by atoms with Gasteiger partial charge in [-0.15, -0.1) is 0 Å². The van der Waals surface area contributed by atoms with Crippen LogP contribution in [0.3, 0.4) is 0 Å². The summed E-state index contributed by atoms with van der Waals surface area (Å²) in [6, 6.07) is 4.38. The van der Waals surface area contributed by atoms with Crippen LogP contribution in [0.1, 0.15) is 43.0 Å². The fraction of sp³-hybridized carbons (Fsp3) is 0.500. The lowest BCUT2D eigenvalue weighted by atomic mass is 9.89. The Morgan fingerprint density at radius 1 is 1.38 bits per heavy atom. The summed E-state index contributed by atoms with van der Waals surface area (Å²) >= 11 is 3.12. The molecule has 0 bridgehead atoms. The van der Waals surface area contributed by atoms with Crippen molar-refractivity contribution >= 4 is 41.6 Å². The minimum Gasteiger partial charge on any atom is -0.351 e. The van der Waals surface area contributed by atoms with Gasteiger partial charge in [-0.05, 0) is 52.4 Å². The summed E-state index contributed by atoms with van der Waals surface area (Å²) in [5.41, 5.74) is 0.436. The average molecular weight is 395 g/mol. The molecule has 1 saturated carbocycles. The van der Waals surface area contributed by atoms with Crippen molar-refractivity contribution in [3.63, 3.8) is 0 Å². The number of benzene rings is 1. The molecule has 21 heavy (non-hydrogen) atoms. The van der Waals surface area contributed by atoms with E-state index in [1.165, 1.54) is 25.0 Å². The fourth-order valence-corrected chi connectivity index (χ4v) is 4.75. The number of hydrogen-bond acceptors (Lipinski definition) is 3.